The number of sulfonamides is 1. The molecule has 0 unspecified atom stereocenters. The molecule has 1 fully saturated rings. The second-order valence-electron chi connectivity index (χ2n) is 6.22. The molecule has 2 N–H and O–H groups in total. The van der Waals surface area contributed by atoms with Gasteiger partial charge in [0.2, 0.25) is 10.0 Å². The average molecular weight is 340 g/mol. The van der Waals surface area contributed by atoms with Gasteiger partial charge in [-0.15, -0.1) is 0 Å². The van der Waals surface area contributed by atoms with Crippen LogP contribution < -0.4 is 4.72 Å². The van der Waals surface area contributed by atoms with Crippen molar-refractivity contribution in [3.05, 3.63) is 29.8 Å². The monoisotopic (exact) mass is 340 g/mol. The summed E-state index contributed by atoms with van der Waals surface area (Å²) >= 11 is 0. The molecule has 128 valence electrons. The van der Waals surface area contributed by atoms with Crippen LogP contribution in [0.15, 0.2) is 24.3 Å². The number of carbonyl (C=O) groups is 1. The molecule has 1 aliphatic rings. The van der Waals surface area contributed by atoms with E-state index < -0.39 is 15.3 Å². The summed E-state index contributed by atoms with van der Waals surface area (Å²) in [5.41, 5.74) is 0.288. The Morgan fingerprint density at radius 1 is 1.39 bits per heavy atom. The Bertz CT molecular complexity index is 658. The molecule has 2 rings (SSSR count). The van der Waals surface area contributed by atoms with E-state index in [4.69, 9.17) is 0 Å². The Morgan fingerprint density at radius 3 is 2.74 bits per heavy atom. The third-order valence-corrected chi connectivity index (χ3v) is 5.94. The van der Waals surface area contributed by atoms with E-state index in [-0.39, 0.29) is 23.1 Å². The molecule has 0 aromatic heterocycles. The molecule has 1 aromatic rings. The molecule has 6 nitrogen and oxygen atoms in total. The zero-order valence-electron chi connectivity index (χ0n) is 13.5. The van der Waals surface area contributed by atoms with E-state index in [1.807, 2.05) is 0 Å². The fourth-order valence-corrected chi connectivity index (χ4v) is 3.44. The van der Waals surface area contributed by atoms with Gasteiger partial charge in [-0.05, 0) is 44.7 Å². The molecule has 1 aliphatic heterocycles. The van der Waals surface area contributed by atoms with Gasteiger partial charge in [-0.1, -0.05) is 12.1 Å². The number of aromatic hydroxyl groups is 1. The topological polar surface area (TPSA) is 86.7 Å². The zero-order valence-corrected chi connectivity index (χ0v) is 14.3. The summed E-state index contributed by atoms with van der Waals surface area (Å²) in [6.45, 7) is 4.73. The van der Waals surface area contributed by atoms with Gasteiger partial charge in [0.1, 0.15) is 5.75 Å². The SMILES string of the molecule is CC(C)S(=O)(=O)NC[C@H]1CCCN(C(=O)c2ccccc2O)C1. The Hall–Kier alpha value is -1.60. The third-order valence-electron chi connectivity index (χ3n) is 4.13. The number of para-hydroxylation sites is 1. The maximum atomic E-state index is 12.5. The molecule has 0 radical (unpaired) electrons. The average Bonchev–Trinajstić information content (AvgIpc) is 2.53. The standard InChI is InChI=1S/C16H24N2O4S/c1-12(2)23(21,22)17-10-13-6-5-9-18(11-13)16(20)14-7-3-4-8-15(14)19/h3-4,7-8,12-13,17,19H,5-6,9-11H2,1-2H3/t13-/m1/s1. The number of rotatable bonds is 5. The van der Waals surface area contributed by atoms with E-state index in [1.165, 1.54) is 6.07 Å². The second-order valence-corrected chi connectivity index (χ2v) is 8.54. The van der Waals surface area contributed by atoms with Crippen LogP contribution in [0.4, 0.5) is 0 Å². The maximum Gasteiger partial charge on any atom is 0.257 e. The molecular weight excluding hydrogens is 316 g/mol. The largest absolute Gasteiger partial charge is 0.507 e. The molecular formula is C16H24N2O4S. The van der Waals surface area contributed by atoms with Crippen molar-refractivity contribution >= 4 is 15.9 Å². The molecule has 7 heteroatoms. The van der Waals surface area contributed by atoms with Crippen LogP contribution >= 0.6 is 0 Å². The quantitative estimate of drug-likeness (QED) is 0.852. The van der Waals surface area contributed by atoms with Gasteiger partial charge in [-0.25, -0.2) is 13.1 Å². The summed E-state index contributed by atoms with van der Waals surface area (Å²) in [6.07, 6.45) is 1.71. The molecule has 23 heavy (non-hydrogen) atoms. The van der Waals surface area contributed by atoms with Crippen molar-refractivity contribution in [1.29, 1.82) is 0 Å². The second kappa shape index (κ2) is 7.31. The summed E-state index contributed by atoms with van der Waals surface area (Å²) in [5, 5.41) is 9.34. The minimum atomic E-state index is -3.29. The first-order chi connectivity index (χ1) is 10.8. The van der Waals surface area contributed by atoms with Crippen LogP contribution in [0.2, 0.25) is 0 Å². The number of nitrogens with one attached hydrogen (secondary N) is 1. The fraction of sp³-hybridized carbons (Fsp3) is 0.562. The summed E-state index contributed by atoms with van der Waals surface area (Å²) in [7, 11) is -3.29. The van der Waals surface area contributed by atoms with Crippen molar-refractivity contribution < 1.29 is 18.3 Å². The maximum absolute atomic E-state index is 12.5. The van der Waals surface area contributed by atoms with Crippen LogP contribution in [-0.4, -0.2) is 49.2 Å². The van der Waals surface area contributed by atoms with Crippen LogP contribution in [0.5, 0.6) is 5.75 Å². The normalized spacial score (nSPS) is 19.1. The van der Waals surface area contributed by atoms with Gasteiger partial charge < -0.3 is 10.0 Å². The number of likely N-dealkylation sites (tertiary alicyclic amines) is 1. The van der Waals surface area contributed by atoms with Gasteiger partial charge in [-0.2, -0.15) is 0 Å². The number of nitrogens with zero attached hydrogens (tertiary/aromatic N) is 1. The summed E-state index contributed by atoms with van der Waals surface area (Å²) < 4.78 is 26.3. The minimum absolute atomic E-state index is 0.0277. The number of carbonyl (C=O) groups excluding carboxylic acids is 1. The Kier molecular flexibility index (Phi) is 5.64. The molecule has 0 saturated carbocycles. The van der Waals surface area contributed by atoms with E-state index in [0.29, 0.717) is 19.6 Å². The third kappa shape index (κ3) is 4.45. The van der Waals surface area contributed by atoms with Crippen LogP contribution in [-0.2, 0) is 10.0 Å². The van der Waals surface area contributed by atoms with Crippen LogP contribution in [0.1, 0.15) is 37.0 Å². The lowest BCUT2D eigenvalue weighted by Crippen LogP contribution is -2.44. The Balaban J connectivity index is 1.98. The van der Waals surface area contributed by atoms with Crippen LogP contribution in [0, 0.1) is 5.92 Å². The van der Waals surface area contributed by atoms with Gasteiger partial charge >= 0.3 is 0 Å². The highest BCUT2D eigenvalue weighted by Crippen LogP contribution is 2.22. The first-order valence-electron chi connectivity index (χ1n) is 7.87. The van der Waals surface area contributed by atoms with Gasteiger partial charge in [0.25, 0.3) is 5.91 Å². The molecule has 1 saturated heterocycles. The molecule has 1 atom stereocenters. The number of benzene rings is 1. The minimum Gasteiger partial charge on any atom is -0.507 e. The zero-order chi connectivity index (χ0) is 17.0. The number of phenols is 1. The van der Waals surface area contributed by atoms with E-state index in [9.17, 15) is 18.3 Å². The van der Waals surface area contributed by atoms with Gasteiger partial charge in [0.05, 0.1) is 10.8 Å². The van der Waals surface area contributed by atoms with E-state index in [1.54, 1.807) is 36.9 Å². The molecule has 0 aliphatic carbocycles. The fourth-order valence-electron chi connectivity index (χ4n) is 2.64. The predicted molar refractivity (Wildman–Crippen MR) is 88.8 cm³/mol. The molecule has 1 heterocycles. The molecule has 0 spiro atoms. The van der Waals surface area contributed by atoms with Crippen LogP contribution in [0.3, 0.4) is 0 Å². The summed E-state index contributed by atoms with van der Waals surface area (Å²) in [4.78, 5) is 14.2. The van der Waals surface area contributed by atoms with Crippen molar-refractivity contribution in [1.82, 2.24) is 9.62 Å². The van der Waals surface area contributed by atoms with Gasteiger partial charge in [0, 0.05) is 19.6 Å². The Labute approximate surface area is 137 Å². The predicted octanol–water partition coefficient (Wildman–Crippen LogP) is 1.57. The lowest BCUT2D eigenvalue weighted by atomic mass is 9.97. The lowest BCUT2D eigenvalue weighted by Gasteiger charge is -2.33. The van der Waals surface area contributed by atoms with Crippen molar-refractivity contribution in [2.45, 2.75) is 31.9 Å². The number of piperidine rings is 1. The summed E-state index contributed by atoms with van der Waals surface area (Å²) in [5.74, 6) is -0.147. The van der Waals surface area contributed by atoms with Crippen LogP contribution in [0.25, 0.3) is 0 Å². The number of phenolic OH excluding ortho intramolecular Hbond substituents is 1. The number of hydrogen-bond donors (Lipinski definition) is 2. The van der Waals surface area contributed by atoms with Gasteiger partial charge in [0.15, 0.2) is 0 Å². The van der Waals surface area contributed by atoms with Crippen molar-refractivity contribution in [2.75, 3.05) is 19.6 Å². The van der Waals surface area contributed by atoms with E-state index >= 15 is 0 Å². The van der Waals surface area contributed by atoms with E-state index in [2.05, 4.69) is 4.72 Å². The van der Waals surface area contributed by atoms with Gasteiger partial charge in [-0.3, -0.25) is 4.79 Å². The first-order valence-corrected chi connectivity index (χ1v) is 9.41. The molecule has 1 amide bonds. The van der Waals surface area contributed by atoms with E-state index in [0.717, 1.165) is 12.8 Å². The smallest absolute Gasteiger partial charge is 0.257 e. The van der Waals surface area contributed by atoms with Crippen molar-refractivity contribution in [3.8, 4) is 5.75 Å². The lowest BCUT2D eigenvalue weighted by molar-refractivity contribution is 0.0673. The Morgan fingerprint density at radius 2 is 2.09 bits per heavy atom. The first kappa shape index (κ1) is 17.7. The highest BCUT2D eigenvalue weighted by Gasteiger charge is 2.27. The van der Waals surface area contributed by atoms with Crippen molar-refractivity contribution in [2.24, 2.45) is 5.92 Å². The summed E-state index contributed by atoms with van der Waals surface area (Å²) in [6, 6.07) is 6.48. The number of amides is 1. The number of hydrogen-bond acceptors (Lipinski definition) is 4. The molecule has 0 bridgehead atoms. The van der Waals surface area contributed by atoms with Crippen molar-refractivity contribution in [3.63, 3.8) is 0 Å². The molecule has 1 aromatic carbocycles. The highest BCUT2D eigenvalue weighted by molar-refractivity contribution is 7.90. The highest BCUT2D eigenvalue weighted by atomic mass is 32.2.